The van der Waals surface area contributed by atoms with Crippen molar-refractivity contribution in [2.24, 2.45) is 5.92 Å². The van der Waals surface area contributed by atoms with Crippen molar-refractivity contribution in [1.29, 1.82) is 0 Å². The smallest absolute Gasteiger partial charge is 0.407 e. The summed E-state index contributed by atoms with van der Waals surface area (Å²) in [7, 11) is 0. The second kappa shape index (κ2) is 10.0. The van der Waals surface area contributed by atoms with Gasteiger partial charge in [0.25, 0.3) is 0 Å². The predicted octanol–water partition coefficient (Wildman–Crippen LogP) is 3.68. The number of rotatable bonds is 6. The molecule has 3 amide bonds. The van der Waals surface area contributed by atoms with Gasteiger partial charge in [-0.05, 0) is 65.0 Å². The zero-order valence-corrected chi connectivity index (χ0v) is 19.1. The van der Waals surface area contributed by atoms with Crippen molar-refractivity contribution in [3.8, 4) is 0 Å². The maximum absolute atomic E-state index is 12.6. The Bertz CT molecular complexity index is 902. The van der Waals surface area contributed by atoms with Gasteiger partial charge in [-0.3, -0.25) is 0 Å². The van der Waals surface area contributed by atoms with Crippen LogP contribution < -0.4 is 10.6 Å². The Hall–Kier alpha value is -2.77. The fourth-order valence-electron chi connectivity index (χ4n) is 3.98. The number of carbonyl (C=O) groups excluding carboxylic acids is 2. The van der Waals surface area contributed by atoms with Gasteiger partial charge in [-0.15, -0.1) is 0 Å². The highest BCUT2D eigenvalue weighted by atomic mass is 16.6. The van der Waals surface area contributed by atoms with E-state index in [0.29, 0.717) is 19.6 Å². The minimum Gasteiger partial charge on any atom is -0.444 e. The zero-order chi connectivity index (χ0) is 22.4. The van der Waals surface area contributed by atoms with E-state index in [-0.39, 0.29) is 11.9 Å². The van der Waals surface area contributed by atoms with E-state index >= 15 is 0 Å². The molecule has 0 bridgehead atoms. The molecule has 170 valence electrons. The van der Waals surface area contributed by atoms with Gasteiger partial charge in [0.05, 0.1) is 11.0 Å². The Morgan fingerprint density at radius 3 is 2.77 bits per heavy atom. The number of carbonyl (C=O) groups is 2. The number of ether oxygens (including phenoxy) is 1. The topological polar surface area (TPSA) is 88.5 Å². The lowest BCUT2D eigenvalue weighted by molar-refractivity contribution is 0.0511. The largest absolute Gasteiger partial charge is 0.444 e. The third-order valence-electron chi connectivity index (χ3n) is 5.42. The van der Waals surface area contributed by atoms with E-state index in [1.807, 2.05) is 50.8 Å². The first kappa shape index (κ1) is 22.9. The zero-order valence-electron chi connectivity index (χ0n) is 19.1. The molecule has 2 aromatic rings. The number of imidazole rings is 1. The molecule has 1 aliphatic heterocycles. The summed E-state index contributed by atoms with van der Waals surface area (Å²) in [5.41, 5.74) is 1.62. The number of amides is 3. The molecule has 1 fully saturated rings. The van der Waals surface area contributed by atoms with Crippen molar-refractivity contribution in [1.82, 2.24) is 25.1 Å². The number of aromatic nitrogens is 2. The molecular weight excluding hydrogens is 394 g/mol. The molecule has 1 aliphatic rings. The van der Waals surface area contributed by atoms with Crippen LogP contribution in [-0.2, 0) is 11.3 Å². The Balaban J connectivity index is 1.40. The first-order valence-corrected chi connectivity index (χ1v) is 11.1. The maximum Gasteiger partial charge on any atom is 0.407 e. The summed E-state index contributed by atoms with van der Waals surface area (Å²) in [5, 5.41) is 5.87. The van der Waals surface area contributed by atoms with Gasteiger partial charge >= 0.3 is 12.1 Å². The fraction of sp³-hybridized carbons (Fsp3) is 0.609. The average Bonchev–Trinajstić information content (AvgIpc) is 3.03. The van der Waals surface area contributed by atoms with Crippen LogP contribution in [0.5, 0.6) is 0 Å². The van der Waals surface area contributed by atoms with Gasteiger partial charge in [0.15, 0.2) is 0 Å². The highest BCUT2D eigenvalue weighted by Crippen LogP contribution is 2.17. The van der Waals surface area contributed by atoms with E-state index in [1.54, 1.807) is 0 Å². The van der Waals surface area contributed by atoms with Crippen LogP contribution in [0, 0.1) is 12.8 Å². The first-order chi connectivity index (χ1) is 14.7. The standard InChI is InChI=1S/C23H35N5O3/c1-17-26-19-10-5-6-11-20(19)28(17)14-8-12-24-21(29)27-13-7-9-18(16-27)15-25-22(30)31-23(2,3)4/h5-6,10-11,18H,7-9,12-16H2,1-4H3,(H,24,29)(H,25,30). The lowest BCUT2D eigenvalue weighted by Crippen LogP contribution is -2.48. The van der Waals surface area contributed by atoms with Crippen molar-refractivity contribution in [3.05, 3.63) is 30.1 Å². The molecular formula is C23H35N5O3. The van der Waals surface area contributed by atoms with Crippen molar-refractivity contribution in [2.75, 3.05) is 26.2 Å². The summed E-state index contributed by atoms with van der Waals surface area (Å²) in [6, 6.07) is 8.08. The number of fused-ring (bicyclic) bond motifs is 1. The number of urea groups is 1. The van der Waals surface area contributed by atoms with Crippen molar-refractivity contribution in [2.45, 2.75) is 59.1 Å². The number of aryl methyl sites for hydroxylation is 2. The van der Waals surface area contributed by atoms with Crippen LogP contribution >= 0.6 is 0 Å². The SMILES string of the molecule is Cc1nc2ccccc2n1CCCNC(=O)N1CCCC(CNC(=O)OC(C)(C)C)C1. The van der Waals surface area contributed by atoms with Gasteiger partial charge in [0, 0.05) is 32.7 Å². The highest BCUT2D eigenvalue weighted by molar-refractivity contribution is 5.76. The van der Waals surface area contributed by atoms with Crippen LogP contribution in [-0.4, -0.2) is 58.4 Å². The van der Waals surface area contributed by atoms with Crippen molar-refractivity contribution < 1.29 is 14.3 Å². The molecule has 1 unspecified atom stereocenters. The molecule has 0 aliphatic carbocycles. The third kappa shape index (κ3) is 6.60. The number of hydrogen-bond donors (Lipinski definition) is 2. The van der Waals surface area contributed by atoms with Gasteiger partial charge in [-0.25, -0.2) is 14.6 Å². The lowest BCUT2D eigenvalue weighted by Gasteiger charge is -2.33. The van der Waals surface area contributed by atoms with E-state index in [9.17, 15) is 9.59 Å². The molecule has 8 nitrogen and oxygen atoms in total. The third-order valence-corrected chi connectivity index (χ3v) is 5.42. The summed E-state index contributed by atoms with van der Waals surface area (Å²) in [5.74, 6) is 1.23. The van der Waals surface area contributed by atoms with Crippen LogP contribution in [0.4, 0.5) is 9.59 Å². The highest BCUT2D eigenvalue weighted by Gasteiger charge is 2.24. The number of hydrogen-bond acceptors (Lipinski definition) is 4. The van der Waals surface area contributed by atoms with Gasteiger partial charge < -0.3 is 24.8 Å². The second-order valence-electron chi connectivity index (χ2n) is 9.22. The van der Waals surface area contributed by atoms with Crippen LogP contribution in [0.2, 0.25) is 0 Å². The second-order valence-corrected chi connectivity index (χ2v) is 9.22. The molecule has 2 N–H and O–H groups in total. The quantitative estimate of drug-likeness (QED) is 0.686. The number of piperidine rings is 1. The number of benzene rings is 1. The van der Waals surface area contributed by atoms with Crippen molar-refractivity contribution >= 4 is 23.2 Å². The van der Waals surface area contributed by atoms with Crippen LogP contribution in [0.3, 0.4) is 0 Å². The molecule has 1 saturated heterocycles. The molecule has 2 heterocycles. The Morgan fingerprint density at radius 1 is 1.23 bits per heavy atom. The first-order valence-electron chi connectivity index (χ1n) is 11.1. The average molecular weight is 430 g/mol. The summed E-state index contributed by atoms with van der Waals surface area (Å²) >= 11 is 0. The molecule has 0 radical (unpaired) electrons. The molecule has 1 atom stereocenters. The summed E-state index contributed by atoms with van der Waals surface area (Å²) < 4.78 is 7.48. The Morgan fingerprint density at radius 2 is 2.00 bits per heavy atom. The van der Waals surface area contributed by atoms with Gasteiger partial charge in [-0.2, -0.15) is 0 Å². The molecule has 8 heteroatoms. The molecule has 1 aromatic heterocycles. The fourth-order valence-corrected chi connectivity index (χ4v) is 3.98. The number of nitrogens with one attached hydrogen (secondary N) is 2. The van der Waals surface area contributed by atoms with E-state index in [2.05, 4.69) is 26.3 Å². The predicted molar refractivity (Wildman–Crippen MR) is 121 cm³/mol. The minimum atomic E-state index is -0.510. The van der Waals surface area contributed by atoms with Gasteiger partial charge in [-0.1, -0.05) is 12.1 Å². The van der Waals surface area contributed by atoms with E-state index in [1.165, 1.54) is 0 Å². The van der Waals surface area contributed by atoms with Gasteiger partial charge in [0.1, 0.15) is 11.4 Å². The van der Waals surface area contributed by atoms with E-state index in [0.717, 1.165) is 49.2 Å². The molecule has 31 heavy (non-hydrogen) atoms. The minimum absolute atomic E-state index is 0.0332. The van der Waals surface area contributed by atoms with Gasteiger partial charge in [0.2, 0.25) is 0 Å². The number of para-hydroxylation sites is 2. The Labute approximate surface area is 184 Å². The van der Waals surface area contributed by atoms with Crippen molar-refractivity contribution in [3.63, 3.8) is 0 Å². The number of likely N-dealkylation sites (tertiary alicyclic amines) is 1. The van der Waals surface area contributed by atoms with E-state index < -0.39 is 11.7 Å². The lowest BCUT2D eigenvalue weighted by atomic mass is 9.98. The summed E-state index contributed by atoms with van der Waals surface area (Å²) in [6.07, 6.45) is 2.36. The van der Waals surface area contributed by atoms with Crippen LogP contribution in [0.25, 0.3) is 11.0 Å². The van der Waals surface area contributed by atoms with Crippen LogP contribution in [0.15, 0.2) is 24.3 Å². The monoisotopic (exact) mass is 429 g/mol. The summed E-state index contributed by atoms with van der Waals surface area (Å²) in [4.78, 5) is 30.9. The molecule has 0 spiro atoms. The summed E-state index contributed by atoms with van der Waals surface area (Å²) in [6.45, 7) is 10.9. The van der Waals surface area contributed by atoms with E-state index in [4.69, 9.17) is 4.74 Å². The Kier molecular flexibility index (Phi) is 7.41. The molecule has 0 saturated carbocycles. The molecule has 1 aromatic carbocycles. The molecule has 3 rings (SSSR count). The maximum atomic E-state index is 12.6. The number of nitrogens with zero attached hydrogens (tertiary/aromatic N) is 3. The number of alkyl carbamates (subject to hydrolysis) is 1. The normalized spacial score (nSPS) is 16.9. The van der Waals surface area contributed by atoms with Crippen LogP contribution in [0.1, 0.15) is 45.9 Å².